The minimum absolute atomic E-state index is 0.185. The van der Waals surface area contributed by atoms with Crippen molar-refractivity contribution in [2.75, 3.05) is 19.0 Å². The molecule has 136 valence electrons. The summed E-state index contributed by atoms with van der Waals surface area (Å²) in [6.45, 7) is -0.185. The average Bonchev–Trinajstić information content (AvgIpc) is 3.01. The van der Waals surface area contributed by atoms with Crippen LogP contribution in [0.4, 0.5) is 13.9 Å². The van der Waals surface area contributed by atoms with Crippen LogP contribution in [0.1, 0.15) is 0 Å². The number of benzene rings is 2. The predicted molar refractivity (Wildman–Crippen MR) is 98.6 cm³/mol. The fourth-order valence-electron chi connectivity index (χ4n) is 2.13. The Morgan fingerprint density at radius 1 is 1.27 bits per heavy atom. The van der Waals surface area contributed by atoms with Gasteiger partial charge in [0.1, 0.15) is 11.5 Å². The highest BCUT2D eigenvalue weighted by Crippen LogP contribution is 2.32. The standard InChI is InChI=1S/C17H14F2N2O3S2/c1-23-10-3-2-4-11(7-10)24-9-15(22)21-17-20-13-6-5-12(25-16(18)19)8-14(13)26-17/h2-8,16H,9H2,1H3,(H,20,21,22). The van der Waals surface area contributed by atoms with Gasteiger partial charge in [0, 0.05) is 11.0 Å². The number of methoxy groups -OCH3 is 1. The molecule has 0 saturated heterocycles. The number of ether oxygens (including phenoxy) is 2. The number of anilines is 1. The fraction of sp³-hybridized carbons (Fsp3) is 0.176. The molecular weight excluding hydrogens is 382 g/mol. The van der Waals surface area contributed by atoms with Gasteiger partial charge in [-0.1, -0.05) is 29.2 Å². The van der Waals surface area contributed by atoms with E-state index in [-0.39, 0.29) is 12.5 Å². The molecule has 1 N–H and O–H groups in total. The lowest BCUT2D eigenvalue weighted by Gasteiger charge is -2.07. The Labute approximate surface area is 156 Å². The molecule has 0 saturated carbocycles. The number of carbonyl (C=O) groups excluding carboxylic acids is 1. The quantitative estimate of drug-likeness (QED) is 0.590. The second-order valence-corrected chi connectivity index (χ2v) is 7.14. The van der Waals surface area contributed by atoms with Gasteiger partial charge in [-0.2, -0.15) is 8.78 Å². The monoisotopic (exact) mass is 396 g/mol. The molecule has 0 aliphatic rings. The van der Waals surface area contributed by atoms with Crippen molar-refractivity contribution in [2.24, 2.45) is 0 Å². The first-order valence-electron chi connectivity index (χ1n) is 7.45. The largest absolute Gasteiger partial charge is 0.497 e. The summed E-state index contributed by atoms with van der Waals surface area (Å²) < 4.78 is 36.1. The van der Waals surface area contributed by atoms with E-state index in [0.717, 1.165) is 4.70 Å². The maximum atomic E-state index is 12.4. The minimum atomic E-state index is -2.48. The van der Waals surface area contributed by atoms with Crippen molar-refractivity contribution < 1.29 is 23.0 Å². The molecule has 0 bridgehead atoms. The van der Waals surface area contributed by atoms with Gasteiger partial charge in [0.25, 0.3) is 11.7 Å². The maximum Gasteiger partial charge on any atom is 0.288 e. The van der Waals surface area contributed by atoms with Crippen LogP contribution in [-0.4, -0.2) is 30.4 Å². The van der Waals surface area contributed by atoms with Crippen LogP contribution in [0, 0.1) is 0 Å². The maximum absolute atomic E-state index is 12.4. The molecule has 0 aliphatic heterocycles. The molecule has 1 amide bonds. The summed E-state index contributed by atoms with van der Waals surface area (Å²) in [6.07, 6.45) is 0. The number of nitrogens with one attached hydrogen (secondary N) is 1. The fourth-order valence-corrected chi connectivity index (χ4v) is 3.66. The molecule has 2 aromatic carbocycles. The van der Waals surface area contributed by atoms with Crippen molar-refractivity contribution in [3.63, 3.8) is 0 Å². The van der Waals surface area contributed by atoms with Crippen LogP contribution in [0.15, 0.2) is 47.4 Å². The number of thioether (sulfide) groups is 1. The molecule has 0 aliphatic carbocycles. The normalized spacial score (nSPS) is 10.9. The van der Waals surface area contributed by atoms with Gasteiger partial charge in [-0.05, 0) is 30.3 Å². The van der Waals surface area contributed by atoms with Gasteiger partial charge in [0.2, 0.25) is 0 Å². The molecule has 9 heteroatoms. The van der Waals surface area contributed by atoms with Crippen LogP contribution < -0.4 is 14.8 Å². The summed E-state index contributed by atoms with van der Waals surface area (Å²) in [7, 11) is 1.55. The lowest BCUT2D eigenvalue weighted by atomic mass is 10.3. The van der Waals surface area contributed by atoms with Crippen molar-refractivity contribution in [1.82, 2.24) is 4.98 Å². The summed E-state index contributed by atoms with van der Waals surface area (Å²) in [4.78, 5) is 16.7. The lowest BCUT2D eigenvalue weighted by Crippen LogP contribution is -2.19. The Bertz CT molecular complexity index is 918. The summed E-state index contributed by atoms with van der Waals surface area (Å²) in [5.41, 5.74) is 0.637. The Balaban J connectivity index is 1.61. The highest BCUT2D eigenvalue weighted by atomic mass is 32.2. The first kappa shape index (κ1) is 18.4. The third-order valence-electron chi connectivity index (χ3n) is 3.24. The number of thiazole rings is 1. The van der Waals surface area contributed by atoms with E-state index in [1.54, 1.807) is 49.6 Å². The molecule has 3 rings (SSSR count). The third kappa shape index (κ3) is 4.83. The number of rotatable bonds is 7. The number of fused-ring (bicyclic) bond motifs is 1. The molecule has 0 fully saturated rings. The van der Waals surface area contributed by atoms with E-state index in [1.807, 2.05) is 0 Å². The number of aromatic nitrogens is 1. The molecule has 1 aromatic heterocycles. The Morgan fingerprint density at radius 3 is 2.85 bits per heavy atom. The number of nitrogens with zero attached hydrogens (tertiary/aromatic N) is 1. The van der Waals surface area contributed by atoms with E-state index in [9.17, 15) is 13.6 Å². The number of amides is 1. The van der Waals surface area contributed by atoms with Crippen molar-refractivity contribution in [1.29, 1.82) is 0 Å². The van der Waals surface area contributed by atoms with Crippen LogP contribution in [0.3, 0.4) is 0 Å². The van der Waals surface area contributed by atoms with Crippen LogP contribution >= 0.6 is 23.1 Å². The number of alkyl halides is 2. The van der Waals surface area contributed by atoms with E-state index in [2.05, 4.69) is 10.3 Å². The van der Waals surface area contributed by atoms with Gasteiger partial charge < -0.3 is 9.47 Å². The van der Waals surface area contributed by atoms with E-state index >= 15 is 0 Å². The smallest absolute Gasteiger partial charge is 0.288 e. The number of carbonyl (C=O) groups is 1. The Hall–Kier alpha value is -2.39. The van der Waals surface area contributed by atoms with Gasteiger partial charge in [0.15, 0.2) is 11.7 Å². The molecule has 26 heavy (non-hydrogen) atoms. The third-order valence-corrected chi connectivity index (χ3v) is 4.88. The summed E-state index contributed by atoms with van der Waals surface area (Å²) >= 11 is 1.69. The highest BCUT2D eigenvalue weighted by Gasteiger charge is 2.11. The molecule has 5 nitrogen and oxygen atoms in total. The summed E-state index contributed by atoms with van der Waals surface area (Å²) in [5.74, 6) is -1.70. The van der Waals surface area contributed by atoms with Gasteiger partial charge >= 0.3 is 0 Å². The number of hydrogen-bond donors (Lipinski definition) is 1. The zero-order valence-electron chi connectivity index (χ0n) is 13.6. The Kier molecular flexibility index (Phi) is 5.89. The molecule has 3 aromatic rings. The first-order chi connectivity index (χ1) is 12.5. The van der Waals surface area contributed by atoms with Crippen LogP contribution in [-0.2, 0) is 4.79 Å². The number of halogens is 2. The molecule has 1 heterocycles. The van der Waals surface area contributed by atoms with Crippen molar-refractivity contribution in [3.8, 4) is 11.5 Å². The molecule has 0 radical (unpaired) electrons. The van der Waals surface area contributed by atoms with Crippen molar-refractivity contribution in [3.05, 3.63) is 42.5 Å². The van der Waals surface area contributed by atoms with Crippen LogP contribution in [0.2, 0.25) is 0 Å². The molecule has 0 spiro atoms. The summed E-state index contributed by atoms with van der Waals surface area (Å²) in [5, 5.41) is 3.04. The van der Waals surface area contributed by atoms with Crippen LogP contribution in [0.25, 0.3) is 10.2 Å². The zero-order valence-corrected chi connectivity index (χ0v) is 15.2. The van der Waals surface area contributed by atoms with Gasteiger partial charge in [-0.15, -0.1) is 0 Å². The van der Waals surface area contributed by atoms with Gasteiger partial charge in [0.05, 0.1) is 17.3 Å². The van der Waals surface area contributed by atoms with Gasteiger partial charge in [-0.3, -0.25) is 10.1 Å². The van der Waals surface area contributed by atoms with Gasteiger partial charge in [-0.25, -0.2) is 4.98 Å². The summed E-state index contributed by atoms with van der Waals surface area (Å²) in [6, 6.07) is 11.8. The number of hydrogen-bond acceptors (Lipinski definition) is 6. The SMILES string of the molecule is COc1cccc(OCC(=O)Nc2nc3ccc(SC(F)F)cc3s2)c1. The van der Waals surface area contributed by atoms with Crippen LogP contribution in [0.5, 0.6) is 11.5 Å². The van der Waals surface area contributed by atoms with E-state index in [4.69, 9.17) is 9.47 Å². The second kappa shape index (κ2) is 8.33. The zero-order chi connectivity index (χ0) is 18.5. The lowest BCUT2D eigenvalue weighted by molar-refractivity contribution is -0.118. The molecule has 0 unspecified atom stereocenters. The van der Waals surface area contributed by atoms with Crippen molar-refractivity contribution in [2.45, 2.75) is 10.7 Å². The molecular formula is C17H14F2N2O3S2. The van der Waals surface area contributed by atoms with E-state index in [0.29, 0.717) is 38.8 Å². The molecule has 0 atom stereocenters. The Morgan fingerprint density at radius 2 is 2.08 bits per heavy atom. The predicted octanol–water partition coefficient (Wildman–Crippen LogP) is 4.64. The average molecular weight is 396 g/mol. The minimum Gasteiger partial charge on any atom is -0.497 e. The van der Waals surface area contributed by atoms with E-state index in [1.165, 1.54) is 11.3 Å². The second-order valence-electron chi connectivity index (χ2n) is 5.04. The van der Waals surface area contributed by atoms with Crippen molar-refractivity contribution >= 4 is 44.4 Å². The van der Waals surface area contributed by atoms with E-state index < -0.39 is 5.76 Å². The first-order valence-corrected chi connectivity index (χ1v) is 9.15. The highest BCUT2D eigenvalue weighted by molar-refractivity contribution is 7.99. The topological polar surface area (TPSA) is 60.5 Å².